The number of ether oxygens (including phenoxy) is 2. The smallest absolute Gasteiger partial charge is 0.270 e. The third-order valence-electron chi connectivity index (χ3n) is 4.96. The second-order valence-electron chi connectivity index (χ2n) is 6.70. The van der Waals surface area contributed by atoms with Crippen molar-refractivity contribution in [3.8, 4) is 5.75 Å². The van der Waals surface area contributed by atoms with Gasteiger partial charge in [0.15, 0.2) is 0 Å². The van der Waals surface area contributed by atoms with Crippen LogP contribution in [0.4, 0.5) is 0 Å². The Balaban J connectivity index is 1.71. The first-order valence-electron chi connectivity index (χ1n) is 9.40. The molecule has 27 heavy (non-hydrogen) atoms. The first-order valence-corrected chi connectivity index (χ1v) is 10.3. The number of thiazole rings is 1. The maximum atomic E-state index is 12.6. The van der Waals surface area contributed by atoms with Gasteiger partial charge in [-0.3, -0.25) is 4.79 Å². The molecule has 0 unspecified atom stereocenters. The summed E-state index contributed by atoms with van der Waals surface area (Å²) in [5, 5.41) is 5.79. The normalized spacial score (nSPS) is 16.1. The van der Waals surface area contributed by atoms with Gasteiger partial charge in [0, 0.05) is 37.0 Å². The van der Waals surface area contributed by atoms with E-state index in [9.17, 15) is 4.79 Å². The summed E-state index contributed by atoms with van der Waals surface area (Å²) in [5.41, 5.74) is 7.10. The van der Waals surface area contributed by atoms with Gasteiger partial charge < -0.3 is 20.5 Å². The molecule has 2 aromatic rings. The fraction of sp³-hybridized carbons (Fsp3) is 0.500. The zero-order chi connectivity index (χ0) is 19.1. The average molecular weight is 390 g/mol. The minimum absolute atomic E-state index is 0.130. The maximum absolute atomic E-state index is 12.6. The van der Waals surface area contributed by atoms with Crippen molar-refractivity contribution in [3.05, 3.63) is 45.9 Å². The Morgan fingerprint density at radius 1 is 1.33 bits per heavy atom. The molecule has 6 nitrogen and oxygen atoms in total. The molecule has 1 aliphatic heterocycles. The Labute approximate surface area is 164 Å². The fourth-order valence-corrected chi connectivity index (χ4v) is 4.19. The molecule has 0 spiro atoms. The van der Waals surface area contributed by atoms with E-state index < -0.39 is 0 Å². The third-order valence-corrected chi connectivity index (χ3v) is 5.87. The van der Waals surface area contributed by atoms with Crippen LogP contribution >= 0.6 is 11.3 Å². The number of amides is 1. The zero-order valence-corrected chi connectivity index (χ0v) is 16.5. The highest BCUT2D eigenvalue weighted by Crippen LogP contribution is 2.35. The van der Waals surface area contributed by atoms with Gasteiger partial charge in [-0.05, 0) is 44.0 Å². The lowest BCUT2D eigenvalue weighted by Crippen LogP contribution is -2.44. The van der Waals surface area contributed by atoms with Gasteiger partial charge in [0.2, 0.25) is 0 Å². The highest BCUT2D eigenvalue weighted by atomic mass is 32.1. The fourth-order valence-electron chi connectivity index (χ4n) is 3.39. The van der Waals surface area contributed by atoms with Crippen LogP contribution in [0.25, 0.3) is 0 Å². The molecule has 0 atom stereocenters. The molecule has 1 amide bonds. The summed E-state index contributed by atoms with van der Waals surface area (Å²) in [6.07, 6.45) is 2.44. The van der Waals surface area contributed by atoms with Crippen LogP contribution in [0.15, 0.2) is 29.6 Å². The zero-order valence-electron chi connectivity index (χ0n) is 15.7. The number of rotatable bonds is 8. The Morgan fingerprint density at radius 2 is 2.07 bits per heavy atom. The van der Waals surface area contributed by atoms with Gasteiger partial charge in [-0.2, -0.15) is 0 Å². The molecule has 1 aliphatic rings. The lowest BCUT2D eigenvalue weighted by molar-refractivity contribution is 0.0486. The maximum Gasteiger partial charge on any atom is 0.270 e. The summed E-state index contributed by atoms with van der Waals surface area (Å²) >= 11 is 1.48. The molecule has 0 bridgehead atoms. The molecule has 3 N–H and O–H groups in total. The summed E-state index contributed by atoms with van der Waals surface area (Å²) in [7, 11) is 0. The number of carbonyl (C=O) groups is 1. The Kier molecular flexibility index (Phi) is 6.82. The molecule has 1 saturated heterocycles. The average Bonchev–Trinajstić information content (AvgIpc) is 3.17. The van der Waals surface area contributed by atoms with Gasteiger partial charge in [0.25, 0.3) is 5.91 Å². The van der Waals surface area contributed by atoms with Crippen molar-refractivity contribution in [2.24, 2.45) is 5.73 Å². The second-order valence-corrected chi connectivity index (χ2v) is 7.64. The summed E-state index contributed by atoms with van der Waals surface area (Å²) < 4.78 is 11.1. The van der Waals surface area contributed by atoms with Crippen LogP contribution in [-0.2, 0) is 16.6 Å². The number of nitrogens with two attached hydrogens (primary N) is 1. The first-order chi connectivity index (χ1) is 13.2. The van der Waals surface area contributed by atoms with Crippen molar-refractivity contribution in [2.75, 3.05) is 32.9 Å². The van der Waals surface area contributed by atoms with Gasteiger partial charge >= 0.3 is 0 Å². The first kappa shape index (κ1) is 19.8. The molecular weight excluding hydrogens is 362 g/mol. The number of nitrogens with one attached hydrogen (secondary N) is 1. The van der Waals surface area contributed by atoms with Gasteiger partial charge in [0.05, 0.1) is 11.6 Å². The highest BCUT2D eigenvalue weighted by Gasteiger charge is 2.35. The minimum Gasteiger partial charge on any atom is -0.494 e. The summed E-state index contributed by atoms with van der Waals surface area (Å²) in [5.74, 6) is 0.730. The summed E-state index contributed by atoms with van der Waals surface area (Å²) in [6.45, 7) is 5.11. The van der Waals surface area contributed by atoms with E-state index in [1.165, 1.54) is 16.9 Å². The Hall–Kier alpha value is -1.96. The van der Waals surface area contributed by atoms with E-state index in [0.717, 1.165) is 23.6 Å². The van der Waals surface area contributed by atoms with Gasteiger partial charge in [0.1, 0.15) is 11.4 Å². The molecular formula is C20H27N3O3S. The number of hydrogen-bond donors (Lipinski definition) is 2. The summed E-state index contributed by atoms with van der Waals surface area (Å²) in [4.78, 5) is 16.9. The molecule has 0 radical (unpaired) electrons. The van der Waals surface area contributed by atoms with Gasteiger partial charge in [-0.15, -0.1) is 11.3 Å². The molecule has 0 saturated carbocycles. The molecule has 7 heteroatoms. The van der Waals surface area contributed by atoms with Crippen molar-refractivity contribution < 1.29 is 14.3 Å². The lowest BCUT2D eigenvalue weighted by Gasteiger charge is -2.38. The second kappa shape index (κ2) is 9.30. The van der Waals surface area contributed by atoms with E-state index in [0.29, 0.717) is 45.0 Å². The van der Waals surface area contributed by atoms with Crippen LogP contribution in [0.3, 0.4) is 0 Å². The van der Waals surface area contributed by atoms with Gasteiger partial charge in [-0.1, -0.05) is 12.1 Å². The monoisotopic (exact) mass is 389 g/mol. The van der Waals surface area contributed by atoms with Crippen LogP contribution in [0.2, 0.25) is 0 Å². The number of nitrogens with zero attached hydrogens (tertiary/aromatic N) is 1. The van der Waals surface area contributed by atoms with E-state index in [1.807, 2.05) is 19.1 Å². The van der Waals surface area contributed by atoms with E-state index >= 15 is 0 Å². The van der Waals surface area contributed by atoms with E-state index in [1.54, 1.807) is 5.38 Å². The topological polar surface area (TPSA) is 86.5 Å². The molecule has 3 rings (SSSR count). The van der Waals surface area contributed by atoms with Crippen molar-refractivity contribution in [1.29, 1.82) is 0 Å². The quantitative estimate of drug-likeness (QED) is 0.724. The molecule has 1 fully saturated rings. The highest BCUT2D eigenvalue weighted by molar-refractivity contribution is 7.09. The largest absolute Gasteiger partial charge is 0.494 e. The van der Waals surface area contributed by atoms with E-state index in [2.05, 4.69) is 22.4 Å². The van der Waals surface area contributed by atoms with Crippen molar-refractivity contribution in [1.82, 2.24) is 10.3 Å². The third kappa shape index (κ3) is 4.86. The Morgan fingerprint density at radius 3 is 2.74 bits per heavy atom. The lowest BCUT2D eigenvalue weighted by atomic mass is 9.74. The van der Waals surface area contributed by atoms with Gasteiger partial charge in [-0.25, -0.2) is 4.98 Å². The van der Waals surface area contributed by atoms with Crippen molar-refractivity contribution in [2.45, 2.75) is 31.6 Å². The molecule has 146 valence electrons. The van der Waals surface area contributed by atoms with Crippen LogP contribution in [0.5, 0.6) is 5.75 Å². The van der Waals surface area contributed by atoms with Crippen LogP contribution < -0.4 is 15.8 Å². The number of carbonyl (C=O) groups excluding carboxylic acids is 1. The standard InChI is InChI=1S/C20H27N3O3S/c1-2-26-16-5-3-15(4-6-16)20(8-11-25-12-9-20)14-22-19(24)17-13-27-18(23-17)7-10-21/h3-6,13H,2,7-12,14,21H2,1H3,(H,22,24). The molecule has 1 aromatic heterocycles. The van der Waals surface area contributed by atoms with E-state index in [4.69, 9.17) is 15.2 Å². The predicted molar refractivity (Wildman–Crippen MR) is 107 cm³/mol. The Bertz CT molecular complexity index is 739. The molecule has 1 aromatic carbocycles. The number of benzene rings is 1. The predicted octanol–water partition coefficient (Wildman–Crippen LogP) is 2.52. The molecule has 2 heterocycles. The van der Waals surface area contributed by atoms with E-state index in [-0.39, 0.29) is 11.3 Å². The SMILES string of the molecule is CCOc1ccc(C2(CNC(=O)c3csc(CCN)n3)CCOCC2)cc1. The van der Waals surface area contributed by atoms with Crippen molar-refractivity contribution in [3.63, 3.8) is 0 Å². The van der Waals surface area contributed by atoms with Crippen LogP contribution in [0.1, 0.15) is 40.8 Å². The number of aromatic nitrogens is 1. The van der Waals surface area contributed by atoms with Crippen molar-refractivity contribution >= 4 is 17.2 Å². The molecule has 0 aliphatic carbocycles. The van der Waals surface area contributed by atoms with Crippen LogP contribution in [0, 0.1) is 0 Å². The van der Waals surface area contributed by atoms with Crippen LogP contribution in [-0.4, -0.2) is 43.8 Å². The number of hydrogen-bond acceptors (Lipinski definition) is 6. The minimum atomic E-state index is -0.133. The summed E-state index contributed by atoms with van der Waals surface area (Å²) in [6, 6.07) is 8.20.